The van der Waals surface area contributed by atoms with Gasteiger partial charge < -0.3 is 4.90 Å². The molecule has 1 aliphatic heterocycles. The molecule has 2 heteroatoms. The number of allylic oxidation sites excluding steroid dienone is 4. The minimum absolute atomic E-state index is 0.325. The molecule has 0 radical (unpaired) electrons. The van der Waals surface area contributed by atoms with E-state index in [0.29, 0.717) is 5.41 Å². The fraction of sp³-hybridized carbons (Fsp3) is 0.368. The van der Waals surface area contributed by atoms with Gasteiger partial charge in [0.05, 0.1) is 10.7 Å². The van der Waals surface area contributed by atoms with Crippen molar-refractivity contribution < 1.29 is 0 Å². The summed E-state index contributed by atoms with van der Waals surface area (Å²) in [4.78, 5) is 3.77. The molecule has 1 heterocycles. The van der Waals surface area contributed by atoms with E-state index >= 15 is 0 Å². The van der Waals surface area contributed by atoms with Gasteiger partial charge >= 0.3 is 0 Å². The molecule has 0 atom stereocenters. The normalized spacial score (nSPS) is 22.4. The fourth-order valence-electron chi connectivity index (χ4n) is 3.33. The van der Waals surface area contributed by atoms with E-state index in [-0.39, 0.29) is 0 Å². The van der Waals surface area contributed by atoms with Crippen molar-refractivity contribution in [3.05, 3.63) is 59.2 Å². The van der Waals surface area contributed by atoms with Crippen LogP contribution in [0.3, 0.4) is 0 Å². The number of nitrogens with zero attached hydrogens (tertiary/aromatic N) is 1. The predicted octanol–water partition coefficient (Wildman–Crippen LogP) is 5.76. The van der Waals surface area contributed by atoms with Gasteiger partial charge in [-0.3, -0.25) is 0 Å². The topological polar surface area (TPSA) is 3.24 Å². The molecule has 0 saturated heterocycles. The summed E-state index contributed by atoms with van der Waals surface area (Å²) in [6.07, 6.45) is 6.87. The lowest BCUT2D eigenvalue weighted by atomic mass is 9.75. The summed E-state index contributed by atoms with van der Waals surface area (Å²) in [7, 11) is 0. The van der Waals surface area contributed by atoms with Crippen molar-refractivity contribution >= 4 is 17.4 Å². The third-order valence-electron chi connectivity index (χ3n) is 4.04. The highest BCUT2D eigenvalue weighted by Gasteiger charge is 2.27. The summed E-state index contributed by atoms with van der Waals surface area (Å²) in [5, 5.41) is 1.34. The van der Waals surface area contributed by atoms with Crippen LogP contribution in [0.2, 0.25) is 0 Å². The van der Waals surface area contributed by atoms with Crippen LogP contribution in [0.15, 0.2) is 64.1 Å². The Morgan fingerprint density at radius 3 is 2.76 bits per heavy atom. The number of hydrogen-bond acceptors (Lipinski definition) is 2. The molecule has 0 bridgehead atoms. The van der Waals surface area contributed by atoms with Crippen LogP contribution in [0.4, 0.5) is 5.69 Å². The first-order chi connectivity index (χ1) is 9.98. The zero-order valence-electron chi connectivity index (χ0n) is 13.1. The van der Waals surface area contributed by atoms with Crippen molar-refractivity contribution in [2.45, 2.75) is 38.5 Å². The quantitative estimate of drug-likeness (QED) is 0.682. The molecule has 21 heavy (non-hydrogen) atoms. The van der Waals surface area contributed by atoms with Gasteiger partial charge in [0.2, 0.25) is 0 Å². The third kappa shape index (κ3) is 2.96. The van der Waals surface area contributed by atoms with Crippen molar-refractivity contribution in [3.8, 4) is 0 Å². The summed E-state index contributed by atoms with van der Waals surface area (Å²) in [6.45, 7) is 12.1. The van der Waals surface area contributed by atoms with E-state index in [0.717, 1.165) is 19.4 Å². The molecule has 2 aliphatic rings. The Balaban J connectivity index is 1.93. The van der Waals surface area contributed by atoms with Gasteiger partial charge in [0, 0.05) is 11.4 Å². The maximum Gasteiger partial charge on any atom is 0.0804 e. The lowest BCUT2D eigenvalue weighted by Gasteiger charge is -2.30. The molecule has 0 saturated carbocycles. The highest BCUT2D eigenvalue weighted by molar-refractivity contribution is 8.03. The van der Waals surface area contributed by atoms with Gasteiger partial charge in [0.25, 0.3) is 0 Å². The summed E-state index contributed by atoms with van der Waals surface area (Å²) in [5.74, 6) is 0. The summed E-state index contributed by atoms with van der Waals surface area (Å²) >= 11 is 1.88. The van der Waals surface area contributed by atoms with Gasteiger partial charge in [-0.15, -0.1) is 0 Å². The number of benzene rings is 1. The Bertz CT molecular complexity index is 637. The number of para-hydroxylation sites is 1. The molecule has 1 aromatic rings. The molecule has 0 spiro atoms. The molecule has 0 unspecified atom stereocenters. The molecule has 0 N–H and O–H groups in total. The van der Waals surface area contributed by atoms with Crippen LogP contribution in [0, 0.1) is 5.41 Å². The summed E-state index contributed by atoms with van der Waals surface area (Å²) in [5.41, 5.74) is 4.32. The summed E-state index contributed by atoms with van der Waals surface area (Å²) < 4.78 is 0. The van der Waals surface area contributed by atoms with Crippen molar-refractivity contribution in [1.82, 2.24) is 0 Å². The number of rotatable bonds is 2. The first kappa shape index (κ1) is 14.5. The van der Waals surface area contributed by atoms with Crippen LogP contribution in [0.5, 0.6) is 0 Å². The fourth-order valence-corrected chi connectivity index (χ4v) is 4.53. The van der Waals surface area contributed by atoms with Crippen LogP contribution in [0.1, 0.15) is 33.6 Å². The first-order valence-electron chi connectivity index (χ1n) is 7.63. The van der Waals surface area contributed by atoms with Crippen molar-refractivity contribution in [3.63, 3.8) is 0 Å². The Labute approximate surface area is 132 Å². The van der Waals surface area contributed by atoms with Gasteiger partial charge in [-0.2, -0.15) is 0 Å². The third-order valence-corrected chi connectivity index (χ3v) is 5.15. The molecule has 0 aromatic heterocycles. The Morgan fingerprint density at radius 2 is 2.05 bits per heavy atom. The van der Waals surface area contributed by atoms with Gasteiger partial charge in [-0.05, 0) is 49.0 Å². The molecule has 1 aromatic carbocycles. The largest absolute Gasteiger partial charge is 0.335 e. The zero-order valence-corrected chi connectivity index (χ0v) is 14.0. The number of hydrogen-bond donors (Lipinski definition) is 0. The van der Waals surface area contributed by atoms with Gasteiger partial charge in [-0.25, -0.2) is 0 Å². The van der Waals surface area contributed by atoms with Crippen molar-refractivity contribution in [2.75, 3.05) is 11.4 Å². The first-order valence-corrected chi connectivity index (χ1v) is 8.45. The molecule has 0 fully saturated rings. The van der Waals surface area contributed by atoms with Crippen LogP contribution < -0.4 is 4.90 Å². The van der Waals surface area contributed by atoms with E-state index in [1.807, 2.05) is 11.8 Å². The lowest BCUT2D eigenvalue weighted by Crippen LogP contribution is -2.19. The summed E-state index contributed by atoms with van der Waals surface area (Å²) in [6, 6.07) is 8.66. The molecule has 110 valence electrons. The van der Waals surface area contributed by atoms with Crippen LogP contribution in [0.25, 0.3) is 0 Å². The number of anilines is 1. The highest BCUT2D eigenvalue weighted by Crippen LogP contribution is 2.47. The van der Waals surface area contributed by atoms with Gasteiger partial charge in [-0.1, -0.05) is 56.0 Å². The maximum absolute atomic E-state index is 4.19. The average molecular weight is 297 g/mol. The van der Waals surface area contributed by atoms with Gasteiger partial charge in [0.1, 0.15) is 0 Å². The Hall–Kier alpha value is -1.41. The molecule has 1 nitrogen and oxygen atoms in total. The maximum atomic E-state index is 4.19. The minimum atomic E-state index is 0.325. The van der Waals surface area contributed by atoms with E-state index in [9.17, 15) is 0 Å². The molecule has 1 aliphatic carbocycles. The lowest BCUT2D eigenvalue weighted by molar-refractivity contribution is 0.355. The van der Waals surface area contributed by atoms with E-state index in [4.69, 9.17) is 0 Å². The molecular formula is C19H23NS. The monoisotopic (exact) mass is 297 g/mol. The second-order valence-electron chi connectivity index (χ2n) is 6.69. The molecule has 3 rings (SSSR count). The minimum Gasteiger partial charge on any atom is -0.335 e. The number of thioether (sulfide) groups is 1. The predicted molar refractivity (Wildman–Crippen MR) is 93.6 cm³/mol. The zero-order chi connectivity index (χ0) is 15.0. The second kappa shape index (κ2) is 5.42. The standard InChI is InChI=1S/C19H23NS/c1-5-20-16-8-6-7-9-17(16)21-18(20)11-15-10-14(2)12-19(3,4)13-15/h6-11H,2,5,12-13H2,1,3-4H3/b18-11+. The van der Waals surface area contributed by atoms with E-state index in [2.05, 4.69) is 68.7 Å². The molecule has 0 amide bonds. The molecular weight excluding hydrogens is 274 g/mol. The Morgan fingerprint density at radius 1 is 1.29 bits per heavy atom. The van der Waals surface area contributed by atoms with Crippen LogP contribution in [-0.4, -0.2) is 6.54 Å². The van der Waals surface area contributed by atoms with E-state index < -0.39 is 0 Å². The van der Waals surface area contributed by atoms with E-state index in [1.54, 1.807) is 0 Å². The highest BCUT2D eigenvalue weighted by atomic mass is 32.2. The smallest absolute Gasteiger partial charge is 0.0804 e. The van der Waals surface area contributed by atoms with Crippen LogP contribution >= 0.6 is 11.8 Å². The SMILES string of the molecule is C=C1C=C(/C=C2/Sc3ccccc3N2CC)CC(C)(C)C1. The Kier molecular flexibility index (Phi) is 3.75. The van der Waals surface area contributed by atoms with E-state index in [1.165, 1.54) is 26.8 Å². The number of fused-ring (bicyclic) bond motifs is 1. The van der Waals surface area contributed by atoms with Crippen molar-refractivity contribution in [1.29, 1.82) is 0 Å². The average Bonchev–Trinajstić information content (AvgIpc) is 2.73. The second-order valence-corrected chi connectivity index (χ2v) is 7.75. The van der Waals surface area contributed by atoms with Crippen LogP contribution in [-0.2, 0) is 0 Å². The van der Waals surface area contributed by atoms with Gasteiger partial charge in [0.15, 0.2) is 0 Å². The van der Waals surface area contributed by atoms with Crippen molar-refractivity contribution in [2.24, 2.45) is 5.41 Å².